The van der Waals surface area contributed by atoms with Crippen molar-refractivity contribution >= 4 is 11.9 Å². The van der Waals surface area contributed by atoms with Gasteiger partial charge in [0, 0.05) is 0 Å². The van der Waals surface area contributed by atoms with Crippen LogP contribution in [0.15, 0.2) is 78.9 Å². The molecule has 3 aromatic carbocycles. The summed E-state index contributed by atoms with van der Waals surface area (Å²) >= 11 is 0. The summed E-state index contributed by atoms with van der Waals surface area (Å²) in [6, 6.07) is 23.8. The van der Waals surface area contributed by atoms with Crippen molar-refractivity contribution in [2.24, 2.45) is 5.92 Å². The summed E-state index contributed by atoms with van der Waals surface area (Å²) < 4.78 is 16.3. The number of hydrogen-bond donors (Lipinski definition) is 0. The molecule has 5 nitrogen and oxygen atoms in total. The molecule has 0 saturated heterocycles. The van der Waals surface area contributed by atoms with E-state index in [0.29, 0.717) is 23.7 Å². The van der Waals surface area contributed by atoms with Crippen LogP contribution in [0.2, 0.25) is 0 Å². The van der Waals surface area contributed by atoms with E-state index in [1.807, 2.05) is 68.4 Å². The molecule has 0 aliphatic heterocycles. The lowest BCUT2D eigenvalue weighted by Gasteiger charge is -2.14. The minimum atomic E-state index is -0.793. The van der Waals surface area contributed by atoms with Gasteiger partial charge in [-0.3, -0.25) is 0 Å². The van der Waals surface area contributed by atoms with E-state index in [1.165, 1.54) is 0 Å². The molecular weight excluding hydrogens is 392 g/mol. The van der Waals surface area contributed by atoms with Gasteiger partial charge in [0.05, 0.1) is 12.2 Å². The molecule has 3 rings (SSSR count). The number of benzene rings is 3. The Morgan fingerprint density at radius 2 is 1.32 bits per heavy atom. The second-order valence-corrected chi connectivity index (χ2v) is 7.59. The molecule has 0 saturated carbocycles. The summed E-state index contributed by atoms with van der Waals surface area (Å²) in [5.74, 6) is 0.248. The Labute approximate surface area is 182 Å². The summed E-state index contributed by atoms with van der Waals surface area (Å²) in [5.41, 5.74) is 2.58. The molecular formula is C26H26O5. The lowest BCUT2D eigenvalue weighted by atomic mass is 10.1. The predicted octanol–water partition coefficient (Wildman–Crippen LogP) is 5.54. The van der Waals surface area contributed by atoms with Crippen molar-refractivity contribution in [2.75, 3.05) is 6.61 Å². The third-order valence-electron chi connectivity index (χ3n) is 4.46. The average Bonchev–Trinajstić information content (AvgIpc) is 2.79. The smallest absolute Gasteiger partial charge is 0.352 e. The molecule has 5 heteroatoms. The van der Waals surface area contributed by atoms with Gasteiger partial charge in [-0.1, -0.05) is 56.3 Å². The summed E-state index contributed by atoms with van der Waals surface area (Å²) in [5, 5.41) is 0. The zero-order valence-electron chi connectivity index (χ0n) is 17.9. The fourth-order valence-electron chi connectivity index (χ4n) is 2.79. The Morgan fingerprint density at radius 3 is 1.94 bits per heavy atom. The highest BCUT2D eigenvalue weighted by Gasteiger charge is 2.18. The van der Waals surface area contributed by atoms with E-state index >= 15 is 0 Å². The first-order valence-electron chi connectivity index (χ1n) is 10.2. The molecule has 0 heterocycles. The Morgan fingerprint density at radius 1 is 0.742 bits per heavy atom. The van der Waals surface area contributed by atoms with Gasteiger partial charge in [-0.2, -0.15) is 0 Å². The van der Waals surface area contributed by atoms with Crippen LogP contribution in [0.25, 0.3) is 11.1 Å². The minimum Gasteiger partial charge on any atom is -0.479 e. The molecule has 0 aromatic heterocycles. The number of esters is 2. The van der Waals surface area contributed by atoms with Gasteiger partial charge < -0.3 is 14.2 Å². The van der Waals surface area contributed by atoms with Gasteiger partial charge in [-0.15, -0.1) is 0 Å². The maximum Gasteiger partial charge on any atom is 0.352 e. The topological polar surface area (TPSA) is 61.8 Å². The third-order valence-corrected chi connectivity index (χ3v) is 4.46. The number of carbonyl (C=O) groups excluding carboxylic acids is 2. The molecule has 0 N–H and O–H groups in total. The fourth-order valence-corrected chi connectivity index (χ4v) is 2.79. The highest BCUT2D eigenvalue weighted by molar-refractivity contribution is 5.89. The van der Waals surface area contributed by atoms with Crippen LogP contribution in [0.5, 0.6) is 11.5 Å². The Hall–Kier alpha value is -3.60. The maximum atomic E-state index is 12.4. The Kier molecular flexibility index (Phi) is 7.44. The molecule has 160 valence electrons. The van der Waals surface area contributed by atoms with Crippen LogP contribution in [0, 0.1) is 5.92 Å². The van der Waals surface area contributed by atoms with E-state index in [4.69, 9.17) is 14.2 Å². The summed E-state index contributed by atoms with van der Waals surface area (Å²) in [6.45, 7) is 5.93. The third kappa shape index (κ3) is 6.44. The van der Waals surface area contributed by atoms with Gasteiger partial charge in [-0.25, -0.2) is 9.59 Å². The van der Waals surface area contributed by atoms with Gasteiger partial charge in [0.15, 0.2) is 6.10 Å². The molecule has 3 aromatic rings. The van der Waals surface area contributed by atoms with Crippen LogP contribution < -0.4 is 9.47 Å². The molecule has 1 atom stereocenters. The van der Waals surface area contributed by atoms with E-state index in [1.54, 1.807) is 31.2 Å². The molecule has 0 aliphatic rings. The van der Waals surface area contributed by atoms with Gasteiger partial charge in [0.1, 0.15) is 11.5 Å². The number of rotatable bonds is 8. The second-order valence-electron chi connectivity index (χ2n) is 7.59. The van der Waals surface area contributed by atoms with Gasteiger partial charge in [-0.05, 0) is 60.4 Å². The number of carbonyl (C=O) groups is 2. The standard InChI is InChI=1S/C26H26O5/c1-18(2)17-29-26(28)22-11-15-24(16-12-22)31-25(27)19(3)30-23-13-9-21(10-14-23)20-7-5-4-6-8-20/h4-16,18-19H,17H2,1-3H3. The minimum absolute atomic E-state index is 0.264. The van der Waals surface area contributed by atoms with Crippen LogP contribution in [0.1, 0.15) is 31.1 Å². The highest BCUT2D eigenvalue weighted by Crippen LogP contribution is 2.23. The molecule has 31 heavy (non-hydrogen) atoms. The summed E-state index contributed by atoms with van der Waals surface area (Å²) in [6.07, 6.45) is -0.793. The Balaban J connectivity index is 1.54. The molecule has 0 bridgehead atoms. The fraction of sp³-hybridized carbons (Fsp3) is 0.231. The highest BCUT2D eigenvalue weighted by atomic mass is 16.6. The second kappa shape index (κ2) is 10.4. The molecule has 0 amide bonds. The van der Waals surface area contributed by atoms with E-state index in [9.17, 15) is 9.59 Å². The normalized spacial score (nSPS) is 11.6. The van der Waals surface area contributed by atoms with Crippen LogP contribution in [-0.4, -0.2) is 24.6 Å². The van der Waals surface area contributed by atoms with Gasteiger partial charge >= 0.3 is 11.9 Å². The van der Waals surface area contributed by atoms with Crippen molar-refractivity contribution in [2.45, 2.75) is 26.9 Å². The van der Waals surface area contributed by atoms with Crippen LogP contribution in [0.4, 0.5) is 0 Å². The zero-order valence-corrected chi connectivity index (χ0v) is 17.9. The van der Waals surface area contributed by atoms with E-state index < -0.39 is 18.0 Å². The average molecular weight is 418 g/mol. The monoisotopic (exact) mass is 418 g/mol. The molecule has 1 unspecified atom stereocenters. The van der Waals surface area contributed by atoms with Crippen LogP contribution in [0.3, 0.4) is 0 Å². The number of hydrogen-bond acceptors (Lipinski definition) is 5. The van der Waals surface area contributed by atoms with E-state index in [2.05, 4.69) is 0 Å². The van der Waals surface area contributed by atoms with Gasteiger partial charge in [0.25, 0.3) is 0 Å². The lowest BCUT2D eigenvalue weighted by Crippen LogP contribution is -2.28. The first-order valence-corrected chi connectivity index (χ1v) is 10.2. The molecule has 0 fully saturated rings. The van der Waals surface area contributed by atoms with Crippen molar-refractivity contribution in [1.29, 1.82) is 0 Å². The van der Waals surface area contributed by atoms with Crippen LogP contribution in [-0.2, 0) is 9.53 Å². The molecule has 0 radical (unpaired) electrons. The zero-order chi connectivity index (χ0) is 22.2. The largest absolute Gasteiger partial charge is 0.479 e. The van der Waals surface area contributed by atoms with Crippen molar-refractivity contribution in [3.8, 4) is 22.6 Å². The predicted molar refractivity (Wildman–Crippen MR) is 119 cm³/mol. The van der Waals surface area contributed by atoms with Crippen molar-refractivity contribution in [1.82, 2.24) is 0 Å². The molecule has 0 aliphatic carbocycles. The van der Waals surface area contributed by atoms with Gasteiger partial charge in [0.2, 0.25) is 0 Å². The summed E-state index contributed by atoms with van der Waals surface area (Å²) in [4.78, 5) is 24.3. The lowest BCUT2D eigenvalue weighted by molar-refractivity contribution is -0.141. The summed E-state index contributed by atoms with van der Waals surface area (Å²) in [7, 11) is 0. The van der Waals surface area contributed by atoms with Crippen molar-refractivity contribution in [3.05, 3.63) is 84.4 Å². The van der Waals surface area contributed by atoms with E-state index in [0.717, 1.165) is 11.1 Å². The van der Waals surface area contributed by atoms with Crippen LogP contribution >= 0.6 is 0 Å². The van der Waals surface area contributed by atoms with E-state index in [-0.39, 0.29) is 5.92 Å². The first kappa shape index (κ1) is 22.1. The first-order chi connectivity index (χ1) is 14.9. The SMILES string of the molecule is CC(C)COC(=O)c1ccc(OC(=O)C(C)Oc2ccc(-c3ccccc3)cc2)cc1. The number of ether oxygens (including phenoxy) is 3. The molecule has 0 spiro atoms. The quantitative estimate of drug-likeness (QED) is 0.355. The van der Waals surface area contributed by atoms with Crippen molar-refractivity contribution < 1.29 is 23.8 Å². The maximum absolute atomic E-state index is 12.4. The van der Waals surface area contributed by atoms with Crippen molar-refractivity contribution in [3.63, 3.8) is 0 Å². The Bertz CT molecular complexity index is 992.